The summed E-state index contributed by atoms with van der Waals surface area (Å²) in [6.45, 7) is 0. The molecular weight excluding hydrogens is 264 g/mol. The van der Waals surface area contributed by atoms with Gasteiger partial charge in [0.05, 0.1) is 12.4 Å². The number of para-hydroxylation sites is 1. The molecule has 2 aromatic rings. The van der Waals surface area contributed by atoms with Crippen LogP contribution < -0.4 is 27.7 Å². The third-order valence-electron chi connectivity index (χ3n) is 2.13. The first kappa shape index (κ1) is 14.7. The van der Waals surface area contributed by atoms with Crippen LogP contribution in [0.2, 0.25) is 0 Å². The highest BCUT2D eigenvalue weighted by atomic mass is 35.5. The molecule has 0 spiro atoms. The van der Waals surface area contributed by atoms with Crippen LogP contribution >= 0.6 is 0 Å². The normalized spacial score (nSPS) is 9.68. The molecule has 0 aliphatic rings. The van der Waals surface area contributed by atoms with E-state index in [0.29, 0.717) is 0 Å². The van der Waals surface area contributed by atoms with Crippen molar-refractivity contribution >= 4 is 18.1 Å². The molecule has 5 nitrogen and oxygen atoms in total. The van der Waals surface area contributed by atoms with E-state index in [1.807, 2.05) is 48.8 Å². The van der Waals surface area contributed by atoms with Crippen LogP contribution in [0.4, 0.5) is 10.5 Å². The van der Waals surface area contributed by atoms with Gasteiger partial charge in [0, 0.05) is 10.8 Å². The summed E-state index contributed by atoms with van der Waals surface area (Å²) in [6, 6.07) is 14.4. The molecule has 2 rings (SSSR count). The topological polar surface area (TPSA) is 57.4 Å². The molecule has 2 N–H and O–H groups in total. The van der Waals surface area contributed by atoms with Crippen LogP contribution in [0.5, 0.6) is 0 Å². The number of aromatic nitrogens is 1. The average Bonchev–Trinajstić information content (AvgIpc) is 2.41. The maximum absolute atomic E-state index is 11.5. The number of pyridine rings is 1. The number of anilines is 1. The molecule has 1 aromatic heterocycles. The third kappa shape index (κ3) is 5.18. The van der Waals surface area contributed by atoms with E-state index in [-0.39, 0.29) is 18.4 Å². The van der Waals surface area contributed by atoms with E-state index < -0.39 is 0 Å². The van der Waals surface area contributed by atoms with E-state index in [2.05, 4.69) is 15.8 Å². The second kappa shape index (κ2) is 7.84. The first-order chi connectivity index (χ1) is 8.84. The SMILES string of the molecule is O=C(NN=C[n+]1ccccc1)Nc1ccccc1.[Cl-]. The lowest BCUT2D eigenvalue weighted by atomic mass is 10.3. The number of hydrogen-bond donors (Lipinski definition) is 2. The monoisotopic (exact) mass is 276 g/mol. The van der Waals surface area contributed by atoms with Crippen molar-refractivity contribution in [2.45, 2.75) is 0 Å². The first-order valence-electron chi connectivity index (χ1n) is 5.45. The molecule has 0 aliphatic heterocycles. The van der Waals surface area contributed by atoms with Gasteiger partial charge in [0.25, 0.3) is 0 Å². The minimum Gasteiger partial charge on any atom is -1.00 e. The minimum absolute atomic E-state index is 0. The number of benzene rings is 1. The lowest BCUT2D eigenvalue weighted by Gasteiger charge is -2.00. The summed E-state index contributed by atoms with van der Waals surface area (Å²) < 4.78 is 1.72. The molecule has 1 aromatic carbocycles. The van der Waals surface area contributed by atoms with Crippen molar-refractivity contribution < 1.29 is 21.8 Å². The molecule has 2 amide bonds. The summed E-state index contributed by atoms with van der Waals surface area (Å²) in [5.41, 5.74) is 3.10. The van der Waals surface area contributed by atoms with Gasteiger partial charge in [-0.1, -0.05) is 24.3 Å². The van der Waals surface area contributed by atoms with Crippen LogP contribution in [0.25, 0.3) is 0 Å². The van der Waals surface area contributed by atoms with Crippen LogP contribution in [0.1, 0.15) is 0 Å². The Bertz CT molecular complexity index is 531. The Balaban J connectivity index is 0.00000180. The zero-order valence-electron chi connectivity index (χ0n) is 10.0. The van der Waals surface area contributed by atoms with Gasteiger partial charge in [-0.3, -0.25) is 0 Å². The molecule has 0 radical (unpaired) electrons. The number of halogens is 1. The number of nitrogens with one attached hydrogen (secondary N) is 2. The molecule has 0 unspecified atom stereocenters. The molecule has 0 bridgehead atoms. The summed E-state index contributed by atoms with van der Waals surface area (Å²) in [4.78, 5) is 11.5. The van der Waals surface area contributed by atoms with Gasteiger partial charge in [-0.05, 0) is 24.3 Å². The predicted octanol–water partition coefficient (Wildman–Crippen LogP) is -1.41. The minimum atomic E-state index is -0.381. The van der Waals surface area contributed by atoms with Gasteiger partial charge < -0.3 is 17.7 Å². The van der Waals surface area contributed by atoms with Crippen LogP contribution in [0.3, 0.4) is 0 Å². The summed E-state index contributed by atoms with van der Waals surface area (Å²) in [7, 11) is 0. The summed E-state index contributed by atoms with van der Waals surface area (Å²) in [6.07, 6.45) is 5.14. The van der Waals surface area contributed by atoms with Crippen LogP contribution in [-0.4, -0.2) is 12.4 Å². The highest BCUT2D eigenvalue weighted by Gasteiger charge is 2.01. The second-order valence-corrected chi connectivity index (χ2v) is 3.50. The molecule has 0 atom stereocenters. The van der Waals surface area contributed by atoms with Crippen molar-refractivity contribution in [2.75, 3.05) is 5.32 Å². The Morgan fingerprint density at radius 1 is 1.05 bits per heavy atom. The molecule has 19 heavy (non-hydrogen) atoms. The number of hydrazone groups is 1. The molecular formula is C13H13ClN4O. The van der Waals surface area contributed by atoms with Gasteiger partial charge in [-0.15, -0.1) is 5.43 Å². The number of carbonyl (C=O) groups excluding carboxylic acids is 1. The maximum Gasteiger partial charge on any atom is 0.358 e. The first-order valence-corrected chi connectivity index (χ1v) is 5.45. The maximum atomic E-state index is 11.5. The third-order valence-corrected chi connectivity index (χ3v) is 2.13. The van der Waals surface area contributed by atoms with Gasteiger partial charge in [-0.25, -0.2) is 9.36 Å². The fourth-order valence-corrected chi connectivity index (χ4v) is 1.32. The zero-order valence-corrected chi connectivity index (χ0v) is 10.8. The molecule has 0 saturated heterocycles. The lowest BCUT2D eigenvalue weighted by molar-refractivity contribution is -0.546. The predicted molar refractivity (Wildman–Crippen MR) is 69.1 cm³/mol. The van der Waals surface area contributed by atoms with Gasteiger partial charge in [0.2, 0.25) is 0 Å². The van der Waals surface area contributed by atoms with Crippen LogP contribution in [-0.2, 0) is 0 Å². The van der Waals surface area contributed by atoms with Crippen molar-refractivity contribution in [2.24, 2.45) is 5.10 Å². The van der Waals surface area contributed by atoms with Crippen molar-refractivity contribution in [3.63, 3.8) is 0 Å². The molecule has 0 fully saturated rings. The van der Waals surface area contributed by atoms with Crippen molar-refractivity contribution in [1.82, 2.24) is 5.43 Å². The Labute approximate surface area is 117 Å². The summed E-state index contributed by atoms with van der Waals surface area (Å²) in [5, 5.41) is 6.47. The molecule has 0 aliphatic carbocycles. The van der Waals surface area contributed by atoms with Crippen LogP contribution in [0, 0.1) is 0 Å². The second-order valence-electron chi connectivity index (χ2n) is 3.50. The Kier molecular flexibility index (Phi) is 6.05. The quantitative estimate of drug-likeness (QED) is 0.308. The van der Waals surface area contributed by atoms with E-state index >= 15 is 0 Å². The number of hydrogen-bond acceptors (Lipinski definition) is 2. The van der Waals surface area contributed by atoms with Gasteiger partial charge in [0.1, 0.15) is 0 Å². The van der Waals surface area contributed by atoms with Crippen molar-refractivity contribution in [3.05, 3.63) is 60.9 Å². The van der Waals surface area contributed by atoms with Gasteiger partial charge in [0.15, 0.2) is 0 Å². The lowest BCUT2D eigenvalue weighted by Crippen LogP contribution is -3.00. The standard InChI is InChI=1S/C13H12N4O.ClH/c18-13(15-12-7-3-1-4-8-12)16-14-11-17-9-5-2-6-10-17;/h1-11H,(H-,15,16,18);1H. The number of urea groups is 1. The largest absolute Gasteiger partial charge is 1.00 e. The van der Waals surface area contributed by atoms with E-state index in [1.54, 1.807) is 16.7 Å². The van der Waals surface area contributed by atoms with Crippen molar-refractivity contribution in [1.29, 1.82) is 0 Å². The number of nitrogens with zero attached hydrogens (tertiary/aromatic N) is 2. The van der Waals surface area contributed by atoms with E-state index in [4.69, 9.17) is 0 Å². The molecule has 98 valence electrons. The van der Waals surface area contributed by atoms with Gasteiger partial charge in [-0.2, -0.15) is 0 Å². The number of amides is 2. The molecule has 6 heteroatoms. The highest BCUT2D eigenvalue weighted by Crippen LogP contribution is 2.03. The Hall–Kier alpha value is -2.40. The molecule has 0 saturated carbocycles. The van der Waals surface area contributed by atoms with E-state index in [0.717, 1.165) is 5.69 Å². The fraction of sp³-hybridized carbons (Fsp3) is 0. The average molecular weight is 277 g/mol. The molecule has 1 heterocycles. The summed E-state index contributed by atoms with van der Waals surface area (Å²) >= 11 is 0. The Morgan fingerprint density at radius 3 is 2.37 bits per heavy atom. The summed E-state index contributed by atoms with van der Waals surface area (Å²) in [5.74, 6) is 0. The number of rotatable bonds is 3. The zero-order chi connectivity index (χ0) is 12.6. The number of carbonyl (C=O) groups is 1. The Morgan fingerprint density at radius 2 is 1.68 bits per heavy atom. The van der Waals surface area contributed by atoms with Gasteiger partial charge >= 0.3 is 12.4 Å². The van der Waals surface area contributed by atoms with E-state index in [1.165, 1.54) is 6.34 Å². The fourth-order valence-electron chi connectivity index (χ4n) is 1.32. The van der Waals surface area contributed by atoms with Crippen molar-refractivity contribution in [3.8, 4) is 0 Å². The van der Waals surface area contributed by atoms with E-state index in [9.17, 15) is 4.79 Å². The highest BCUT2D eigenvalue weighted by molar-refractivity contribution is 5.89. The smallest absolute Gasteiger partial charge is 0.358 e. The van der Waals surface area contributed by atoms with Crippen LogP contribution in [0.15, 0.2) is 66.0 Å².